The Bertz CT molecular complexity index is 809. The van der Waals surface area contributed by atoms with E-state index >= 15 is 0 Å². The van der Waals surface area contributed by atoms with Crippen LogP contribution in [0.25, 0.3) is 10.9 Å². The van der Waals surface area contributed by atoms with E-state index in [9.17, 15) is 4.79 Å². The standard InChI is InChI=1S/C17H15BrN2O/c18-14-6-8-15(9-7-14)19-11-12-20-16-4-2-1-3-13(16)5-10-17(20)21/h1-10,19H,11-12H2. The van der Waals surface area contributed by atoms with Crippen LogP contribution in [-0.2, 0) is 6.54 Å². The highest BCUT2D eigenvalue weighted by molar-refractivity contribution is 9.10. The molecule has 106 valence electrons. The molecule has 0 fully saturated rings. The molecule has 21 heavy (non-hydrogen) atoms. The molecular weight excluding hydrogens is 328 g/mol. The molecule has 0 atom stereocenters. The molecule has 0 amide bonds. The fraction of sp³-hybridized carbons (Fsp3) is 0.118. The molecule has 3 rings (SSSR count). The molecule has 1 aromatic heterocycles. The minimum absolute atomic E-state index is 0.0336. The minimum Gasteiger partial charge on any atom is -0.383 e. The Labute approximate surface area is 131 Å². The lowest BCUT2D eigenvalue weighted by Gasteiger charge is -2.11. The molecule has 0 aliphatic carbocycles. The van der Waals surface area contributed by atoms with Crippen molar-refractivity contribution < 1.29 is 0 Å². The maximum absolute atomic E-state index is 12.0. The second-order valence-electron chi connectivity index (χ2n) is 4.82. The molecule has 1 heterocycles. The predicted molar refractivity (Wildman–Crippen MR) is 90.8 cm³/mol. The van der Waals surface area contributed by atoms with Crippen molar-refractivity contribution in [1.29, 1.82) is 0 Å². The number of nitrogens with zero attached hydrogens (tertiary/aromatic N) is 1. The van der Waals surface area contributed by atoms with E-state index in [1.165, 1.54) is 0 Å². The molecule has 0 saturated heterocycles. The fourth-order valence-electron chi connectivity index (χ4n) is 2.35. The molecule has 0 radical (unpaired) electrons. The Balaban J connectivity index is 1.77. The van der Waals surface area contributed by atoms with E-state index in [0.717, 1.165) is 21.1 Å². The quantitative estimate of drug-likeness (QED) is 0.780. The summed E-state index contributed by atoms with van der Waals surface area (Å²) in [4.78, 5) is 12.0. The summed E-state index contributed by atoms with van der Waals surface area (Å²) in [6, 6.07) is 19.4. The minimum atomic E-state index is 0.0336. The zero-order valence-electron chi connectivity index (χ0n) is 11.4. The van der Waals surface area contributed by atoms with E-state index < -0.39 is 0 Å². The maximum Gasteiger partial charge on any atom is 0.251 e. The second-order valence-corrected chi connectivity index (χ2v) is 5.73. The highest BCUT2D eigenvalue weighted by atomic mass is 79.9. The lowest BCUT2D eigenvalue weighted by Crippen LogP contribution is -2.23. The number of para-hydroxylation sites is 1. The van der Waals surface area contributed by atoms with Crippen molar-refractivity contribution in [2.75, 3.05) is 11.9 Å². The molecule has 3 aromatic rings. The van der Waals surface area contributed by atoms with E-state index in [0.29, 0.717) is 13.1 Å². The summed E-state index contributed by atoms with van der Waals surface area (Å²) < 4.78 is 2.86. The highest BCUT2D eigenvalue weighted by Gasteiger charge is 2.02. The Hall–Kier alpha value is -2.07. The van der Waals surface area contributed by atoms with Crippen molar-refractivity contribution in [2.24, 2.45) is 0 Å². The topological polar surface area (TPSA) is 34.0 Å². The fourth-order valence-corrected chi connectivity index (χ4v) is 2.62. The van der Waals surface area contributed by atoms with Crippen molar-refractivity contribution in [3.8, 4) is 0 Å². The first-order valence-corrected chi connectivity index (χ1v) is 7.61. The molecule has 3 nitrogen and oxygen atoms in total. The molecule has 2 aromatic carbocycles. The van der Waals surface area contributed by atoms with Crippen LogP contribution in [-0.4, -0.2) is 11.1 Å². The van der Waals surface area contributed by atoms with Crippen LogP contribution in [0.1, 0.15) is 0 Å². The molecular formula is C17H15BrN2O. The normalized spacial score (nSPS) is 10.7. The average Bonchev–Trinajstić information content (AvgIpc) is 2.51. The van der Waals surface area contributed by atoms with Crippen LogP contribution in [0.4, 0.5) is 5.69 Å². The van der Waals surface area contributed by atoms with Gasteiger partial charge in [-0.3, -0.25) is 4.79 Å². The third-order valence-corrected chi connectivity index (χ3v) is 3.94. The highest BCUT2D eigenvalue weighted by Crippen LogP contribution is 2.14. The molecule has 0 spiro atoms. The van der Waals surface area contributed by atoms with E-state index in [4.69, 9.17) is 0 Å². The first-order chi connectivity index (χ1) is 10.2. The third kappa shape index (κ3) is 3.16. The Morgan fingerprint density at radius 1 is 0.952 bits per heavy atom. The lowest BCUT2D eigenvalue weighted by molar-refractivity contribution is 0.726. The van der Waals surface area contributed by atoms with E-state index in [1.807, 2.05) is 54.6 Å². The van der Waals surface area contributed by atoms with Crippen LogP contribution in [0.2, 0.25) is 0 Å². The summed E-state index contributed by atoms with van der Waals surface area (Å²) in [6.45, 7) is 1.34. The van der Waals surface area contributed by atoms with Gasteiger partial charge < -0.3 is 9.88 Å². The van der Waals surface area contributed by atoms with E-state index in [1.54, 1.807) is 10.6 Å². The van der Waals surface area contributed by atoms with Gasteiger partial charge >= 0.3 is 0 Å². The van der Waals surface area contributed by atoms with Gasteiger partial charge in [-0.15, -0.1) is 0 Å². The molecule has 0 saturated carbocycles. The van der Waals surface area contributed by atoms with Gasteiger partial charge in [0.05, 0.1) is 5.52 Å². The van der Waals surface area contributed by atoms with Gasteiger partial charge in [0.2, 0.25) is 0 Å². The Morgan fingerprint density at radius 2 is 1.71 bits per heavy atom. The largest absolute Gasteiger partial charge is 0.383 e. The van der Waals surface area contributed by atoms with Gasteiger partial charge in [-0.05, 0) is 41.8 Å². The lowest BCUT2D eigenvalue weighted by atomic mass is 10.2. The van der Waals surface area contributed by atoms with Crippen molar-refractivity contribution in [1.82, 2.24) is 4.57 Å². The van der Waals surface area contributed by atoms with Gasteiger partial charge in [0, 0.05) is 29.3 Å². The van der Waals surface area contributed by atoms with Crippen LogP contribution < -0.4 is 10.9 Å². The number of hydrogen-bond acceptors (Lipinski definition) is 2. The number of hydrogen-bond donors (Lipinski definition) is 1. The second kappa shape index (κ2) is 6.14. The van der Waals surface area contributed by atoms with E-state index in [2.05, 4.69) is 21.2 Å². The molecule has 0 aliphatic heterocycles. The average molecular weight is 343 g/mol. The van der Waals surface area contributed by atoms with Gasteiger partial charge in [-0.2, -0.15) is 0 Å². The molecule has 0 aliphatic rings. The zero-order chi connectivity index (χ0) is 14.7. The van der Waals surface area contributed by atoms with Crippen LogP contribution in [0.5, 0.6) is 0 Å². The third-order valence-electron chi connectivity index (χ3n) is 3.41. The summed E-state index contributed by atoms with van der Waals surface area (Å²) in [7, 11) is 0. The van der Waals surface area contributed by atoms with Crippen molar-refractivity contribution in [3.63, 3.8) is 0 Å². The van der Waals surface area contributed by atoms with Crippen LogP contribution in [0, 0.1) is 0 Å². The monoisotopic (exact) mass is 342 g/mol. The van der Waals surface area contributed by atoms with E-state index in [-0.39, 0.29) is 5.56 Å². The van der Waals surface area contributed by atoms with Gasteiger partial charge in [0.15, 0.2) is 0 Å². The van der Waals surface area contributed by atoms with Gasteiger partial charge in [0.25, 0.3) is 5.56 Å². The summed E-state index contributed by atoms with van der Waals surface area (Å²) in [5.74, 6) is 0. The summed E-state index contributed by atoms with van der Waals surface area (Å²) >= 11 is 3.41. The van der Waals surface area contributed by atoms with Gasteiger partial charge in [-0.25, -0.2) is 0 Å². The van der Waals surface area contributed by atoms with Gasteiger partial charge in [-0.1, -0.05) is 34.1 Å². The Kier molecular flexibility index (Phi) is 4.06. The number of pyridine rings is 1. The predicted octanol–water partition coefficient (Wildman–Crippen LogP) is 3.88. The number of fused-ring (bicyclic) bond motifs is 1. The smallest absolute Gasteiger partial charge is 0.251 e. The molecule has 4 heteroatoms. The van der Waals surface area contributed by atoms with Crippen LogP contribution in [0.3, 0.4) is 0 Å². The van der Waals surface area contributed by atoms with Crippen LogP contribution >= 0.6 is 15.9 Å². The van der Waals surface area contributed by atoms with Crippen LogP contribution in [0.15, 0.2) is 69.9 Å². The number of halogens is 1. The molecule has 0 bridgehead atoms. The number of benzene rings is 2. The number of rotatable bonds is 4. The molecule has 0 unspecified atom stereocenters. The summed E-state index contributed by atoms with van der Waals surface area (Å²) in [6.07, 6.45) is 0. The zero-order valence-corrected chi connectivity index (χ0v) is 13.0. The first-order valence-electron chi connectivity index (χ1n) is 6.82. The number of anilines is 1. The molecule has 1 N–H and O–H groups in total. The number of nitrogens with one attached hydrogen (secondary N) is 1. The maximum atomic E-state index is 12.0. The number of aromatic nitrogens is 1. The van der Waals surface area contributed by atoms with Gasteiger partial charge in [0.1, 0.15) is 0 Å². The van der Waals surface area contributed by atoms with Crippen molar-refractivity contribution >= 4 is 32.5 Å². The SMILES string of the molecule is O=c1ccc2ccccc2n1CCNc1ccc(Br)cc1. The summed E-state index contributed by atoms with van der Waals surface area (Å²) in [5, 5.41) is 4.42. The van der Waals surface area contributed by atoms with Crippen molar-refractivity contribution in [3.05, 3.63) is 75.5 Å². The Morgan fingerprint density at radius 3 is 2.52 bits per heavy atom. The summed E-state index contributed by atoms with van der Waals surface area (Å²) in [5.41, 5.74) is 2.06. The van der Waals surface area contributed by atoms with Crippen molar-refractivity contribution in [2.45, 2.75) is 6.54 Å². The first kappa shape index (κ1) is 13.9.